The van der Waals surface area contributed by atoms with Crippen LogP contribution in [0, 0.1) is 5.92 Å². The summed E-state index contributed by atoms with van der Waals surface area (Å²) in [7, 11) is 0. The van der Waals surface area contributed by atoms with Crippen LogP contribution < -0.4 is 5.32 Å². The molecule has 108 valence electrons. The molecule has 1 saturated carbocycles. The minimum atomic E-state index is -0.945. The molecule has 3 atom stereocenters. The van der Waals surface area contributed by atoms with E-state index in [9.17, 15) is 14.4 Å². The second-order valence-corrected chi connectivity index (χ2v) is 6.23. The van der Waals surface area contributed by atoms with Crippen LogP contribution in [0.4, 0.5) is 0 Å². The van der Waals surface area contributed by atoms with Gasteiger partial charge in [-0.25, -0.2) is 0 Å². The van der Waals surface area contributed by atoms with Crippen molar-refractivity contribution in [3.8, 4) is 0 Å². The summed E-state index contributed by atoms with van der Waals surface area (Å²) in [4.78, 5) is 32.6. The fourth-order valence-electron chi connectivity index (χ4n) is 2.34. The first-order valence-electron chi connectivity index (χ1n) is 6.58. The maximum atomic E-state index is 11.1. The van der Waals surface area contributed by atoms with E-state index in [1.54, 1.807) is 11.8 Å². The maximum absolute atomic E-state index is 11.1. The highest BCUT2D eigenvalue weighted by molar-refractivity contribution is 8.00. The van der Waals surface area contributed by atoms with Crippen LogP contribution in [-0.2, 0) is 14.4 Å². The molecular formula is C13H21NO4S. The van der Waals surface area contributed by atoms with Gasteiger partial charge in [0.05, 0.1) is 6.42 Å². The van der Waals surface area contributed by atoms with Gasteiger partial charge >= 0.3 is 5.97 Å². The summed E-state index contributed by atoms with van der Waals surface area (Å²) in [6.07, 6.45) is 4.80. The minimum absolute atomic E-state index is 0.0324. The molecule has 1 rings (SSSR count). The van der Waals surface area contributed by atoms with E-state index in [2.05, 4.69) is 5.32 Å². The van der Waals surface area contributed by atoms with Crippen molar-refractivity contribution in [3.05, 3.63) is 0 Å². The number of carboxylic acid groups (broad SMARTS) is 1. The van der Waals surface area contributed by atoms with Crippen molar-refractivity contribution in [3.63, 3.8) is 0 Å². The molecule has 1 fully saturated rings. The number of carbonyl (C=O) groups excluding carboxylic acids is 2. The lowest BCUT2D eigenvalue weighted by Crippen LogP contribution is -2.43. The molecule has 0 spiro atoms. The molecule has 1 aliphatic rings. The van der Waals surface area contributed by atoms with E-state index in [1.165, 1.54) is 6.92 Å². The van der Waals surface area contributed by atoms with E-state index >= 15 is 0 Å². The molecule has 0 aromatic rings. The van der Waals surface area contributed by atoms with Crippen molar-refractivity contribution in [2.45, 2.75) is 50.3 Å². The molecule has 0 bridgehead atoms. The molecule has 0 aromatic carbocycles. The Morgan fingerprint density at radius 2 is 2.11 bits per heavy atom. The molecule has 19 heavy (non-hydrogen) atoms. The molecule has 0 aliphatic heterocycles. The molecule has 3 unspecified atom stereocenters. The first-order valence-corrected chi connectivity index (χ1v) is 7.63. The molecule has 5 nitrogen and oxygen atoms in total. The van der Waals surface area contributed by atoms with Gasteiger partial charge in [-0.2, -0.15) is 11.8 Å². The second kappa shape index (κ2) is 8.19. The number of carbonyl (C=O) groups is 3. The van der Waals surface area contributed by atoms with Gasteiger partial charge in [-0.15, -0.1) is 0 Å². The van der Waals surface area contributed by atoms with Gasteiger partial charge < -0.3 is 15.2 Å². The number of rotatable bonds is 7. The quantitative estimate of drug-likeness (QED) is 0.693. The Hall–Kier alpha value is -1.04. The zero-order valence-electron chi connectivity index (χ0n) is 11.1. The normalized spacial score (nSPS) is 24.5. The molecule has 2 N–H and O–H groups in total. The zero-order chi connectivity index (χ0) is 14.3. The number of thioether (sulfide) groups is 1. The van der Waals surface area contributed by atoms with Crippen LogP contribution in [0.5, 0.6) is 0 Å². The number of carboxylic acids is 1. The van der Waals surface area contributed by atoms with Crippen molar-refractivity contribution in [1.82, 2.24) is 5.32 Å². The van der Waals surface area contributed by atoms with Crippen LogP contribution in [-0.4, -0.2) is 40.3 Å². The van der Waals surface area contributed by atoms with E-state index in [1.807, 2.05) is 0 Å². The van der Waals surface area contributed by atoms with E-state index in [4.69, 9.17) is 5.11 Å². The summed E-state index contributed by atoms with van der Waals surface area (Å²) in [5.74, 6) is -0.909. The molecule has 0 heterocycles. The predicted molar refractivity (Wildman–Crippen MR) is 74.1 cm³/mol. The van der Waals surface area contributed by atoms with Crippen LogP contribution in [0.3, 0.4) is 0 Å². The van der Waals surface area contributed by atoms with E-state index in [0.717, 1.165) is 32.0 Å². The van der Waals surface area contributed by atoms with Crippen molar-refractivity contribution >= 4 is 29.9 Å². The zero-order valence-corrected chi connectivity index (χ0v) is 11.9. The Morgan fingerprint density at radius 1 is 1.42 bits per heavy atom. The van der Waals surface area contributed by atoms with E-state index in [0.29, 0.717) is 5.75 Å². The van der Waals surface area contributed by atoms with Crippen molar-refractivity contribution in [1.29, 1.82) is 0 Å². The van der Waals surface area contributed by atoms with Gasteiger partial charge in [0.1, 0.15) is 6.29 Å². The Kier molecular flexibility index (Phi) is 6.91. The average Bonchev–Trinajstić information content (AvgIpc) is 2.35. The third kappa shape index (κ3) is 6.09. The first-order chi connectivity index (χ1) is 9.02. The smallest absolute Gasteiger partial charge is 0.304 e. The minimum Gasteiger partial charge on any atom is -0.481 e. The summed E-state index contributed by atoms with van der Waals surface area (Å²) < 4.78 is 0. The molecule has 1 amide bonds. The first kappa shape index (κ1) is 16.0. The van der Waals surface area contributed by atoms with Gasteiger partial charge in [0.25, 0.3) is 0 Å². The van der Waals surface area contributed by atoms with Gasteiger partial charge in [-0.3, -0.25) is 9.59 Å². The standard InChI is InChI=1S/C13H21NO4S/c1-9(16)14-11-4-2-3-5-12(11)19-8-10(7-15)6-13(17)18/h7,10-12H,2-6,8H2,1H3,(H,14,16)(H,17,18). The van der Waals surface area contributed by atoms with Crippen LogP contribution in [0.15, 0.2) is 0 Å². The Labute approximate surface area is 117 Å². The van der Waals surface area contributed by atoms with Crippen LogP contribution >= 0.6 is 11.8 Å². The molecule has 0 saturated heterocycles. The lowest BCUT2D eigenvalue weighted by Gasteiger charge is -2.32. The molecule has 0 aromatic heterocycles. The highest BCUT2D eigenvalue weighted by Gasteiger charge is 2.27. The van der Waals surface area contributed by atoms with Crippen molar-refractivity contribution in [2.24, 2.45) is 5.92 Å². The van der Waals surface area contributed by atoms with E-state index in [-0.39, 0.29) is 23.6 Å². The van der Waals surface area contributed by atoms with Gasteiger partial charge in [0.2, 0.25) is 5.91 Å². The summed E-state index contributed by atoms with van der Waals surface area (Å²) in [5, 5.41) is 11.9. The largest absolute Gasteiger partial charge is 0.481 e. The summed E-state index contributed by atoms with van der Waals surface area (Å²) in [6.45, 7) is 1.51. The fraction of sp³-hybridized carbons (Fsp3) is 0.769. The summed E-state index contributed by atoms with van der Waals surface area (Å²) in [5.41, 5.74) is 0. The number of hydrogen-bond acceptors (Lipinski definition) is 4. The monoisotopic (exact) mass is 287 g/mol. The van der Waals surface area contributed by atoms with Crippen LogP contribution in [0.2, 0.25) is 0 Å². The SMILES string of the molecule is CC(=O)NC1CCCCC1SCC(C=O)CC(=O)O. The lowest BCUT2D eigenvalue weighted by molar-refractivity contribution is -0.139. The van der Waals surface area contributed by atoms with E-state index < -0.39 is 11.9 Å². The highest BCUT2D eigenvalue weighted by atomic mass is 32.2. The topological polar surface area (TPSA) is 83.5 Å². The van der Waals surface area contributed by atoms with Crippen LogP contribution in [0.25, 0.3) is 0 Å². The number of nitrogens with one attached hydrogen (secondary N) is 1. The molecule has 0 radical (unpaired) electrons. The third-order valence-electron chi connectivity index (χ3n) is 3.24. The number of aliphatic carboxylic acids is 1. The maximum Gasteiger partial charge on any atom is 0.304 e. The molecular weight excluding hydrogens is 266 g/mol. The molecule has 1 aliphatic carbocycles. The predicted octanol–water partition coefficient (Wildman–Crippen LogP) is 1.46. The summed E-state index contributed by atoms with van der Waals surface area (Å²) in [6, 6.07) is 0.147. The van der Waals surface area contributed by atoms with Gasteiger partial charge in [0, 0.05) is 29.9 Å². The summed E-state index contributed by atoms with van der Waals surface area (Å²) >= 11 is 1.61. The number of amides is 1. The lowest BCUT2D eigenvalue weighted by atomic mass is 9.95. The van der Waals surface area contributed by atoms with Crippen LogP contribution in [0.1, 0.15) is 39.0 Å². The fourth-order valence-corrected chi connectivity index (χ4v) is 3.80. The highest BCUT2D eigenvalue weighted by Crippen LogP contribution is 2.30. The Bertz CT molecular complexity index is 335. The number of aldehydes is 1. The van der Waals surface area contributed by atoms with Gasteiger partial charge in [-0.1, -0.05) is 12.8 Å². The Balaban J connectivity index is 2.45. The van der Waals surface area contributed by atoms with Gasteiger partial charge in [-0.05, 0) is 12.8 Å². The molecule has 6 heteroatoms. The third-order valence-corrected chi connectivity index (χ3v) is 4.86. The number of hydrogen-bond donors (Lipinski definition) is 2. The Morgan fingerprint density at radius 3 is 2.68 bits per heavy atom. The van der Waals surface area contributed by atoms with Gasteiger partial charge in [0.15, 0.2) is 0 Å². The second-order valence-electron chi connectivity index (χ2n) is 4.96. The van der Waals surface area contributed by atoms with Crippen molar-refractivity contribution < 1.29 is 19.5 Å². The van der Waals surface area contributed by atoms with Crippen molar-refractivity contribution in [2.75, 3.05) is 5.75 Å². The average molecular weight is 287 g/mol.